The largest absolute Gasteiger partial charge is 0.416 e. The van der Waals surface area contributed by atoms with E-state index in [0.717, 1.165) is 41.7 Å². The fourth-order valence-corrected chi connectivity index (χ4v) is 4.19. The van der Waals surface area contributed by atoms with Crippen molar-refractivity contribution in [3.8, 4) is 0 Å². The maximum atomic E-state index is 13.0. The van der Waals surface area contributed by atoms with Crippen molar-refractivity contribution >= 4 is 11.8 Å². The first-order valence-corrected chi connectivity index (χ1v) is 9.99. The van der Waals surface area contributed by atoms with Gasteiger partial charge in [-0.05, 0) is 41.7 Å². The minimum atomic E-state index is -4.36. The predicted molar refractivity (Wildman–Crippen MR) is 106 cm³/mol. The minimum absolute atomic E-state index is 0.159. The molecule has 1 aliphatic carbocycles. The van der Waals surface area contributed by atoms with Crippen molar-refractivity contribution in [3.05, 3.63) is 70.8 Å². The van der Waals surface area contributed by atoms with Crippen molar-refractivity contribution in [3.63, 3.8) is 0 Å². The molecule has 0 spiro atoms. The molecule has 4 nitrogen and oxygen atoms in total. The molecule has 1 saturated carbocycles. The minimum Gasteiger partial charge on any atom is -0.353 e. The molecule has 7 heteroatoms. The summed E-state index contributed by atoms with van der Waals surface area (Å²) >= 11 is 0. The van der Waals surface area contributed by atoms with Crippen LogP contribution in [0.1, 0.15) is 42.0 Å². The highest BCUT2D eigenvalue weighted by Crippen LogP contribution is 2.48. The van der Waals surface area contributed by atoms with Crippen LogP contribution in [0.4, 0.5) is 13.2 Å². The molecular weight excluding hydrogens is 393 g/mol. The summed E-state index contributed by atoms with van der Waals surface area (Å²) in [7, 11) is 0. The second-order valence-electron chi connectivity index (χ2n) is 8.21. The van der Waals surface area contributed by atoms with Gasteiger partial charge in [-0.3, -0.25) is 9.59 Å². The first kappa shape index (κ1) is 20.4. The summed E-state index contributed by atoms with van der Waals surface area (Å²) in [6.45, 7) is 2.20. The van der Waals surface area contributed by atoms with E-state index in [-0.39, 0.29) is 17.2 Å². The molecule has 1 fully saturated rings. The van der Waals surface area contributed by atoms with Crippen LogP contribution in [0.25, 0.3) is 0 Å². The topological polar surface area (TPSA) is 49.4 Å². The number of benzene rings is 2. The highest BCUT2D eigenvalue weighted by atomic mass is 19.4. The van der Waals surface area contributed by atoms with E-state index in [1.807, 2.05) is 24.3 Å². The highest BCUT2D eigenvalue weighted by Gasteiger charge is 2.45. The maximum absolute atomic E-state index is 13.0. The van der Waals surface area contributed by atoms with Gasteiger partial charge in [0.2, 0.25) is 11.8 Å². The van der Waals surface area contributed by atoms with Crippen LogP contribution in [0, 0.1) is 0 Å². The van der Waals surface area contributed by atoms with E-state index in [1.165, 1.54) is 19.1 Å². The van der Waals surface area contributed by atoms with Gasteiger partial charge in [-0.25, -0.2) is 0 Å². The van der Waals surface area contributed by atoms with Gasteiger partial charge in [0.15, 0.2) is 0 Å². The molecule has 0 saturated heterocycles. The summed E-state index contributed by atoms with van der Waals surface area (Å²) in [5.74, 6) is -0.383. The van der Waals surface area contributed by atoms with Crippen molar-refractivity contribution in [1.82, 2.24) is 10.2 Å². The van der Waals surface area contributed by atoms with Gasteiger partial charge >= 0.3 is 6.18 Å². The Hall–Kier alpha value is -2.83. The fourth-order valence-electron chi connectivity index (χ4n) is 4.19. The third-order valence-corrected chi connectivity index (χ3v) is 6.23. The van der Waals surface area contributed by atoms with Crippen LogP contribution < -0.4 is 5.32 Å². The van der Waals surface area contributed by atoms with Gasteiger partial charge in [-0.1, -0.05) is 36.4 Å². The van der Waals surface area contributed by atoms with Crippen LogP contribution in [-0.2, 0) is 34.1 Å². The number of amides is 2. The van der Waals surface area contributed by atoms with Crippen LogP contribution >= 0.6 is 0 Å². The summed E-state index contributed by atoms with van der Waals surface area (Å²) in [4.78, 5) is 26.7. The Labute approximate surface area is 173 Å². The second-order valence-corrected chi connectivity index (χ2v) is 8.21. The van der Waals surface area contributed by atoms with E-state index in [9.17, 15) is 22.8 Å². The normalized spacial score (nSPS) is 19.7. The third kappa shape index (κ3) is 3.93. The number of hydrogen-bond acceptors (Lipinski definition) is 2. The number of halogens is 3. The molecule has 1 N–H and O–H groups in total. The van der Waals surface area contributed by atoms with Crippen LogP contribution in [-0.4, -0.2) is 29.3 Å². The molecule has 2 aromatic carbocycles. The molecule has 30 heavy (non-hydrogen) atoms. The van der Waals surface area contributed by atoms with Crippen molar-refractivity contribution in [2.45, 2.75) is 50.4 Å². The number of carbonyl (C=O) groups excluding carboxylic acids is 2. The van der Waals surface area contributed by atoms with Gasteiger partial charge in [0.05, 0.1) is 5.56 Å². The smallest absolute Gasteiger partial charge is 0.353 e. The van der Waals surface area contributed by atoms with Gasteiger partial charge < -0.3 is 10.2 Å². The molecule has 0 bridgehead atoms. The van der Waals surface area contributed by atoms with Gasteiger partial charge in [-0.15, -0.1) is 0 Å². The monoisotopic (exact) mass is 416 g/mol. The Balaban J connectivity index is 1.45. The van der Waals surface area contributed by atoms with E-state index < -0.39 is 17.8 Å². The Kier molecular flexibility index (Phi) is 5.08. The fraction of sp³-hybridized carbons (Fsp3) is 0.391. The third-order valence-electron chi connectivity index (χ3n) is 6.23. The quantitative estimate of drug-likeness (QED) is 0.824. The molecule has 1 heterocycles. The zero-order valence-electron chi connectivity index (χ0n) is 16.6. The predicted octanol–water partition coefficient (Wildman–Crippen LogP) is 3.83. The molecule has 4 rings (SSSR count). The van der Waals surface area contributed by atoms with Crippen molar-refractivity contribution in [1.29, 1.82) is 0 Å². The summed E-state index contributed by atoms with van der Waals surface area (Å²) in [6.07, 6.45) is -2.29. The molecule has 158 valence electrons. The van der Waals surface area contributed by atoms with E-state index in [2.05, 4.69) is 5.32 Å². The molecule has 1 atom stereocenters. The molecule has 2 amide bonds. The average Bonchev–Trinajstić information content (AvgIpc) is 3.51. The molecule has 1 unspecified atom stereocenters. The SMILES string of the molecule is CC(=O)N1Cc2ccccc2CC1C(=O)NCC1(c2ccc(C(F)(F)F)cc2)CC1. The number of fused-ring (bicyclic) bond motifs is 1. The zero-order chi connectivity index (χ0) is 21.5. The van der Waals surface area contributed by atoms with E-state index in [0.29, 0.717) is 19.5 Å². The first-order chi connectivity index (χ1) is 14.2. The van der Waals surface area contributed by atoms with Crippen LogP contribution in [0.3, 0.4) is 0 Å². The molecule has 2 aliphatic rings. The molecule has 1 aliphatic heterocycles. The first-order valence-electron chi connectivity index (χ1n) is 9.99. The number of nitrogens with zero attached hydrogens (tertiary/aromatic N) is 1. The lowest BCUT2D eigenvalue weighted by atomic mass is 9.92. The molecular formula is C23H23F3N2O2. The number of hydrogen-bond donors (Lipinski definition) is 1. The Morgan fingerprint density at radius 1 is 1.07 bits per heavy atom. The number of nitrogens with one attached hydrogen (secondary N) is 1. The lowest BCUT2D eigenvalue weighted by Crippen LogP contribution is -2.52. The summed E-state index contributed by atoms with van der Waals surface area (Å²) in [6, 6.07) is 12.4. The van der Waals surface area contributed by atoms with Gasteiger partial charge in [0, 0.05) is 31.8 Å². The van der Waals surface area contributed by atoms with E-state index in [4.69, 9.17) is 0 Å². The van der Waals surface area contributed by atoms with E-state index in [1.54, 1.807) is 4.90 Å². The summed E-state index contributed by atoms with van der Waals surface area (Å²) < 4.78 is 38.4. The molecule has 0 radical (unpaired) electrons. The standard InChI is InChI=1S/C23H23F3N2O2/c1-15(29)28-13-17-5-3-2-4-16(17)12-20(28)21(30)27-14-22(10-11-22)18-6-8-19(9-7-18)23(24,25)26/h2-9,20H,10-14H2,1H3,(H,27,30). The highest BCUT2D eigenvalue weighted by molar-refractivity contribution is 5.87. The number of rotatable bonds is 4. The zero-order valence-corrected chi connectivity index (χ0v) is 16.6. The number of carbonyl (C=O) groups is 2. The van der Waals surface area contributed by atoms with Gasteiger partial charge in [-0.2, -0.15) is 13.2 Å². The van der Waals surface area contributed by atoms with Gasteiger partial charge in [0.1, 0.15) is 6.04 Å². The number of alkyl halides is 3. The van der Waals surface area contributed by atoms with Crippen molar-refractivity contribution in [2.75, 3.05) is 6.54 Å². The maximum Gasteiger partial charge on any atom is 0.416 e. The lowest BCUT2D eigenvalue weighted by molar-refractivity contribution is -0.140. The lowest BCUT2D eigenvalue weighted by Gasteiger charge is -2.35. The van der Waals surface area contributed by atoms with Gasteiger partial charge in [0.25, 0.3) is 0 Å². The van der Waals surface area contributed by atoms with Crippen LogP contribution in [0.5, 0.6) is 0 Å². The van der Waals surface area contributed by atoms with Crippen molar-refractivity contribution in [2.24, 2.45) is 0 Å². The Morgan fingerprint density at radius 3 is 2.27 bits per heavy atom. The summed E-state index contributed by atoms with van der Waals surface area (Å²) in [5.41, 5.74) is 1.89. The molecule has 2 aromatic rings. The molecule has 0 aromatic heterocycles. The van der Waals surface area contributed by atoms with Crippen LogP contribution in [0.2, 0.25) is 0 Å². The van der Waals surface area contributed by atoms with Crippen LogP contribution in [0.15, 0.2) is 48.5 Å². The Bertz CT molecular complexity index is 965. The Morgan fingerprint density at radius 2 is 1.70 bits per heavy atom. The summed E-state index contributed by atoms with van der Waals surface area (Å²) in [5, 5.41) is 2.96. The average molecular weight is 416 g/mol. The van der Waals surface area contributed by atoms with Crippen molar-refractivity contribution < 1.29 is 22.8 Å². The second kappa shape index (κ2) is 7.45. The van der Waals surface area contributed by atoms with E-state index >= 15 is 0 Å².